The predicted molar refractivity (Wildman–Crippen MR) is 120 cm³/mol. The zero-order valence-electron chi connectivity index (χ0n) is 18.1. The Labute approximate surface area is 175 Å². The van der Waals surface area contributed by atoms with Crippen LogP contribution in [0, 0.1) is 5.92 Å². The first-order valence-corrected chi connectivity index (χ1v) is 11.2. The first-order chi connectivity index (χ1) is 14.2. The molecular formula is C23H37N5O. The van der Waals surface area contributed by atoms with Crippen LogP contribution in [0.15, 0.2) is 35.3 Å². The molecule has 3 rings (SSSR count). The lowest BCUT2D eigenvalue weighted by atomic mass is 10.1. The molecule has 29 heavy (non-hydrogen) atoms. The fraction of sp³-hybridized carbons (Fsp3) is 0.652. The second kappa shape index (κ2) is 11.1. The molecule has 0 spiro atoms. The van der Waals surface area contributed by atoms with Crippen molar-refractivity contribution in [1.29, 1.82) is 0 Å². The van der Waals surface area contributed by atoms with Gasteiger partial charge in [-0.05, 0) is 44.2 Å². The summed E-state index contributed by atoms with van der Waals surface area (Å²) < 4.78 is 0. The number of likely N-dealkylation sites (tertiary alicyclic amines) is 1. The monoisotopic (exact) mass is 399 g/mol. The molecule has 0 radical (unpaired) electrons. The molecule has 6 nitrogen and oxygen atoms in total. The lowest BCUT2D eigenvalue weighted by molar-refractivity contribution is -0.134. The van der Waals surface area contributed by atoms with Crippen molar-refractivity contribution in [2.45, 2.75) is 51.0 Å². The van der Waals surface area contributed by atoms with Crippen LogP contribution in [-0.2, 0) is 4.79 Å². The maximum Gasteiger partial charge on any atom is 0.225 e. The Morgan fingerprint density at radius 1 is 1.17 bits per heavy atom. The van der Waals surface area contributed by atoms with Crippen LogP contribution < -0.4 is 15.5 Å². The third kappa shape index (κ3) is 6.38. The van der Waals surface area contributed by atoms with Gasteiger partial charge in [0.15, 0.2) is 5.96 Å². The van der Waals surface area contributed by atoms with Gasteiger partial charge in [-0.1, -0.05) is 31.0 Å². The number of unbranched alkanes of at least 4 members (excludes halogenated alkanes) is 1. The summed E-state index contributed by atoms with van der Waals surface area (Å²) in [6.07, 6.45) is 7.80. The van der Waals surface area contributed by atoms with Crippen molar-refractivity contribution in [1.82, 2.24) is 15.5 Å². The molecule has 160 valence electrons. The van der Waals surface area contributed by atoms with Gasteiger partial charge >= 0.3 is 0 Å². The molecule has 1 amide bonds. The Morgan fingerprint density at radius 2 is 1.93 bits per heavy atom. The number of rotatable bonds is 8. The van der Waals surface area contributed by atoms with Crippen LogP contribution in [0.1, 0.15) is 44.9 Å². The predicted octanol–water partition coefficient (Wildman–Crippen LogP) is 2.86. The highest BCUT2D eigenvalue weighted by atomic mass is 16.2. The van der Waals surface area contributed by atoms with E-state index in [2.05, 4.69) is 56.7 Å². The molecule has 1 saturated carbocycles. The number of anilines is 1. The highest BCUT2D eigenvalue weighted by molar-refractivity contribution is 5.81. The number of guanidine groups is 1. The average molecular weight is 400 g/mol. The number of nitrogens with one attached hydrogen (secondary N) is 2. The van der Waals surface area contributed by atoms with E-state index in [0.29, 0.717) is 11.9 Å². The van der Waals surface area contributed by atoms with Crippen molar-refractivity contribution >= 4 is 17.6 Å². The lowest BCUT2D eigenvalue weighted by Gasteiger charge is -2.22. The minimum atomic E-state index is 0.278. The third-order valence-electron chi connectivity index (χ3n) is 6.18. The van der Waals surface area contributed by atoms with Crippen molar-refractivity contribution in [2.24, 2.45) is 10.9 Å². The number of para-hydroxylation sites is 1. The molecule has 1 aromatic carbocycles. The van der Waals surface area contributed by atoms with Crippen molar-refractivity contribution in [3.63, 3.8) is 0 Å². The number of hydrogen-bond acceptors (Lipinski definition) is 3. The number of amides is 1. The minimum Gasteiger partial charge on any atom is -0.375 e. The topological polar surface area (TPSA) is 60.0 Å². The largest absolute Gasteiger partial charge is 0.375 e. The van der Waals surface area contributed by atoms with Crippen molar-refractivity contribution in [3.05, 3.63) is 30.3 Å². The molecule has 6 heteroatoms. The smallest absolute Gasteiger partial charge is 0.225 e. The van der Waals surface area contributed by atoms with Gasteiger partial charge in [0.05, 0.1) is 0 Å². The Hall–Kier alpha value is -2.24. The SMILES string of the molecule is CN=C(NCCCCN(C)c1ccccc1)NC1CCN(C(=O)C2CCCC2)C1. The average Bonchev–Trinajstić information content (AvgIpc) is 3.45. The lowest BCUT2D eigenvalue weighted by Crippen LogP contribution is -2.45. The van der Waals surface area contributed by atoms with Crippen LogP contribution in [0.4, 0.5) is 5.69 Å². The van der Waals surface area contributed by atoms with Gasteiger partial charge in [-0.3, -0.25) is 9.79 Å². The number of aliphatic imine (C=N–C) groups is 1. The van der Waals surface area contributed by atoms with E-state index < -0.39 is 0 Å². The van der Waals surface area contributed by atoms with E-state index in [-0.39, 0.29) is 5.92 Å². The molecule has 0 bridgehead atoms. The van der Waals surface area contributed by atoms with E-state index in [1.165, 1.54) is 18.5 Å². The first-order valence-electron chi connectivity index (χ1n) is 11.2. The van der Waals surface area contributed by atoms with Gasteiger partial charge in [-0.25, -0.2) is 0 Å². The van der Waals surface area contributed by atoms with E-state index in [1.807, 2.05) is 13.1 Å². The second-order valence-electron chi connectivity index (χ2n) is 8.36. The maximum absolute atomic E-state index is 12.6. The summed E-state index contributed by atoms with van der Waals surface area (Å²) in [5.74, 6) is 1.50. The molecule has 1 aliphatic heterocycles. The van der Waals surface area contributed by atoms with Crippen LogP contribution in [-0.4, -0.2) is 63.1 Å². The van der Waals surface area contributed by atoms with Crippen LogP contribution >= 0.6 is 0 Å². The van der Waals surface area contributed by atoms with Crippen molar-refractivity contribution in [2.75, 3.05) is 45.2 Å². The number of carbonyl (C=O) groups excluding carboxylic acids is 1. The molecule has 0 aromatic heterocycles. The van der Waals surface area contributed by atoms with Gasteiger partial charge in [0.2, 0.25) is 5.91 Å². The highest BCUT2D eigenvalue weighted by Gasteiger charge is 2.32. The van der Waals surface area contributed by atoms with Gasteiger partial charge in [0.1, 0.15) is 0 Å². The summed E-state index contributed by atoms with van der Waals surface area (Å²) in [7, 11) is 3.96. The molecular weight excluding hydrogens is 362 g/mol. The maximum atomic E-state index is 12.6. The molecule has 2 aliphatic rings. The number of carbonyl (C=O) groups is 1. The summed E-state index contributed by atoms with van der Waals surface area (Å²) in [6.45, 7) is 3.62. The number of nitrogens with zero attached hydrogens (tertiary/aromatic N) is 3. The third-order valence-corrected chi connectivity index (χ3v) is 6.18. The Bertz CT molecular complexity index is 656. The Balaban J connectivity index is 1.31. The quantitative estimate of drug-likeness (QED) is 0.401. The molecule has 1 heterocycles. The number of benzene rings is 1. The van der Waals surface area contributed by atoms with Crippen molar-refractivity contribution in [3.8, 4) is 0 Å². The fourth-order valence-corrected chi connectivity index (χ4v) is 4.39. The zero-order chi connectivity index (χ0) is 20.5. The summed E-state index contributed by atoms with van der Waals surface area (Å²) in [6, 6.07) is 10.8. The molecule has 2 N–H and O–H groups in total. The van der Waals surface area contributed by atoms with Crippen LogP contribution in [0.25, 0.3) is 0 Å². The van der Waals surface area contributed by atoms with Gasteiger partial charge in [0.25, 0.3) is 0 Å². The first kappa shape index (κ1) is 21.5. The van der Waals surface area contributed by atoms with E-state index >= 15 is 0 Å². The van der Waals surface area contributed by atoms with E-state index in [0.717, 1.165) is 64.2 Å². The summed E-state index contributed by atoms with van der Waals surface area (Å²) in [4.78, 5) is 21.3. The van der Waals surface area contributed by atoms with E-state index in [1.54, 1.807) is 0 Å². The Morgan fingerprint density at radius 3 is 2.66 bits per heavy atom. The van der Waals surface area contributed by atoms with Crippen LogP contribution in [0.2, 0.25) is 0 Å². The van der Waals surface area contributed by atoms with Crippen molar-refractivity contribution < 1.29 is 4.79 Å². The van der Waals surface area contributed by atoms with Gasteiger partial charge < -0.3 is 20.4 Å². The standard InChI is InChI=1S/C23H37N5O/c1-24-23(25-15-8-9-16-27(2)21-12-4-3-5-13-21)26-20-14-17-28(18-20)22(29)19-10-6-7-11-19/h3-5,12-13,19-20H,6-11,14-18H2,1-2H3,(H2,24,25,26). The zero-order valence-corrected chi connectivity index (χ0v) is 18.1. The van der Waals surface area contributed by atoms with E-state index in [4.69, 9.17) is 0 Å². The normalized spacial score (nSPS) is 20.1. The molecule has 1 aliphatic carbocycles. The van der Waals surface area contributed by atoms with E-state index in [9.17, 15) is 4.79 Å². The second-order valence-corrected chi connectivity index (χ2v) is 8.36. The summed E-state index contributed by atoms with van der Waals surface area (Å²) in [5.41, 5.74) is 1.26. The number of hydrogen-bond donors (Lipinski definition) is 2. The molecule has 2 fully saturated rings. The molecule has 1 unspecified atom stereocenters. The summed E-state index contributed by atoms with van der Waals surface area (Å²) >= 11 is 0. The van der Waals surface area contributed by atoms with Crippen LogP contribution in [0.3, 0.4) is 0 Å². The summed E-state index contributed by atoms with van der Waals surface area (Å²) in [5, 5.41) is 6.93. The molecule has 1 aromatic rings. The van der Waals surface area contributed by atoms with Gasteiger partial charge in [0, 0.05) is 57.9 Å². The Kier molecular flexibility index (Phi) is 8.20. The molecule has 1 saturated heterocycles. The minimum absolute atomic E-state index is 0.278. The van der Waals surface area contributed by atoms with Gasteiger partial charge in [-0.2, -0.15) is 0 Å². The molecule has 1 atom stereocenters. The fourth-order valence-electron chi connectivity index (χ4n) is 4.39. The van der Waals surface area contributed by atoms with Crippen LogP contribution in [0.5, 0.6) is 0 Å². The highest BCUT2D eigenvalue weighted by Crippen LogP contribution is 2.27. The van der Waals surface area contributed by atoms with Gasteiger partial charge in [-0.15, -0.1) is 0 Å².